The average molecular weight is 530 g/mol. The monoisotopic (exact) mass is 529 g/mol. The van der Waals surface area contributed by atoms with Gasteiger partial charge >= 0.3 is 0 Å². The summed E-state index contributed by atoms with van der Waals surface area (Å²) >= 11 is 0. The van der Waals surface area contributed by atoms with Gasteiger partial charge in [-0.15, -0.1) is 0 Å². The Hall–Kier alpha value is -4.44. The topological polar surface area (TPSA) is 84.2 Å². The van der Waals surface area contributed by atoms with Crippen molar-refractivity contribution >= 4 is 10.9 Å². The summed E-state index contributed by atoms with van der Waals surface area (Å²) in [5.41, 5.74) is 4.60. The SMILES string of the molecule is CCOc1cc(F)c(Cn2nc(-c3nc4c(c(Cc5ccncc5OC)n3)COC4)c3ccccc32)c(F)c1. The molecule has 0 saturated heterocycles. The molecule has 0 aliphatic carbocycles. The van der Waals surface area contributed by atoms with E-state index in [0.717, 1.165) is 27.9 Å². The molecule has 4 heterocycles. The average Bonchev–Trinajstić information content (AvgIpc) is 3.56. The molecule has 0 spiro atoms. The number of rotatable bonds is 8. The van der Waals surface area contributed by atoms with Crippen molar-refractivity contribution in [2.75, 3.05) is 13.7 Å². The Morgan fingerprint density at radius 2 is 1.87 bits per heavy atom. The maximum atomic E-state index is 14.9. The summed E-state index contributed by atoms with van der Waals surface area (Å²) in [5.74, 6) is -0.156. The van der Waals surface area contributed by atoms with Gasteiger partial charge in [0, 0.05) is 46.8 Å². The second-order valence-electron chi connectivity index (χ2n) is 9.10. The summed E-state index contributed by atoms with van der Waals surface area (Å²) in [6.07, 6.45) is 3.88. The number of aromatic nitrogens is 5. The summed E-state index contributed by atoms with van der Waals surface area (Å²) in [5, 5.41) is 5.53. The summed E-state index contributed by atoms with van der Waals surface area (Å²) < 4.78 is 47.8. The van der Waals surface area contributed by atoms with Gasteiger partial charge in [-0.25, -0.2) is 18.7 Å². The predicted molar refractivity (Wildman–Crippen MR) is 139 cm³/mol. The van der Waals surface area contributed by atoms with Gasteiger partial charge in [-0.3, -0.25) is 9.67 Å². The largest absolute Gasteiger partial charge is 0.495 e. The number of ether oxygens (including phenoxy) is 3. The van der Waals surface area contributed by atoms with Crippen molar-refractivity contribution in [2.24, 2.45) is 0 Å². The van der Waals surface area contributed by atoms with Crippen LogP contribution in [0.3, 0.4) is 0 Å². The maximum Gasteiger partial charge on any atom is 0.181 e. The first-order valence-corrected chi connectivity index (χ1v) is 12.6. The van der Waals surface area contributed by atoms with Gasteiger partial charge in [0.25, 0.3) is 0 Å². The Morgan fingerprint density at radius 3 is 2.67 bits per heavy atom. The van der Waals surface area contributed by atoms with Gasteiger partial charge in [0.05, 0.1) is 56.6 Å². The van der Waals surface area contributed by atoms with E-state index in [1.54, 1.807) is 31.1 Å². The fraction of sp³-hybridized carbons (Fsp3) is 0.241. The van der Waals surface area contributed by atoms with Crippen molar-refractivity contribution in [1.82, 2.24) is 24.7 Å². The van der Waals surface area contributed by atoms with Crippen molar-refractivity contribution in [2.45, 2.75) is 33.1 Å². The number of nitrogens with zero attached hydrogens (tertiary/aromatic N) is 5. The zero-order valence-corrected chi connectivity index (χ0v) is 21.4. The van der Waals surface area contributed by atoms with E-state index in [1.807, 2.05) is 30.3 Å². The van der Waals surface area contributed by atoms with Crippen molar-refractivity contribution in [3.8, 4) is 23.0 Å². The molecule has 2 aromatic carbocycles. The molecule has 1 aliphatic heterocycles. The Balaban J connectivity index is 1.44. The van der Waals surface area contributed by atoms with E-state index in [2.05, 4.69) is 4.98 Å². The molecule has 0 saturated carbocycles. The van der Waals surface area contributed by atoms with Crippen LogP contribution in [0, 0.1) is 11.6 Å². The van der Waals surface area contributed by atoms with Gasteiger partial charge in [-0.05, 0) is 19.1 Å². The molecule has 0 bridgehead atoms. The standard InChI is InChI=1S/C29H25F2N5O3/c1-3-39-18-11-22(30)20(23(31)12-18)14-36-26-7-5-4-6-19(26)28(35-36)29-33-24(21-15-38-16-25(21)34-29)10-17-8-9-32-13-27(17)37-2/h4-9,11-13H,3,10,14-16H2,1-2H3. The third kappa shape index (κ3) is 4.67. The fourth-order valence-electron chi connectivity index (χ4n) is 4.83. The molecule has 0 radical (unpaired) electrons. The van der Waals surface area contributed by atoms with Gasteiger partial charge in [0.1, 0.15) is 28.8 Å². The Morgan fingerprint density at radius 1 is 1.05 bits per heavy atom. The maximum absolute atomic E-state index is 14.9. The van der Waals surface area contributed by atoms with Crippen molar-refractivity contribution in [1.29, 1.82) is 0 Å². The molecule has 8 nitrogen and oxygen atoms in total. The first kappa shape index (κ1) is 24.9. The summed E-state index contributed by atoms with van der Waals surface area (Å²) in [6, 6.07) is 11.8. The third-order valence-corrected chi connectivity index (χ3v) is 6.71. The van der Waals surface area contributed by atoms with Gasteiger partial charge in [0.2, 0.25) is 0 Å². The van der Waals surface area contributed by atoms with Crippen molar-refractivity contribution in [3.05, 3.63) is 94.6 Å². The number of hydrogen-bond acceptors (Lipinski definition) is 7. The van der Waals surface area contributed by atoms with Crippen LogP contribution in [0.5, 0.6) is 11.5 Å². The Bertz CT molecular complexity index is 1660. The highest BCUT2D eigenvalue weighted by Gasteiger charge is 2.24. The lowest BCUT2D eigenvalue weighted by Gasteiger charge is -2.11. The molecule has 3 aromatic heterocycles. The number of fused-ring (bicyclic) bond motifs is 2. The van der Waals surface area contributed by atoms with E-state index >= 15 is 0 Å². The summed E-state index contributed by atoms with van der Waals surface area (Å²) in [6.45, 7) is 2.75. The Kier molecular flexibility index (Phi) is 6.62. The number of halogens is 2. The lowest BCUT2D eigenvalue weighted by atomic mass is 10.0. The molecule has 39 heavy (non-hydrogen) atoms. The smallest absolute Gasteiger partial charge is 0.181 e. The summed E-state index contributed by atoms with van der Waals surface area (Å²) in [4.78, 5) is 13.8. The van der Waals surface area contributed by atoms with Crippen LogP contribution in [0.25, 0.3) is 22.4 Å². The van der Waals surface area contributed by atoms with E-state index in [-0.39, 0.29) is 17.9 Å². The number of benzene rings is 2. The lowest BCUT2D eigenvalue weighted by Crippen LogP contribution is -2.08. The first-order valence-electron chi connectivity index (χ1n) is 12.6. The second kappa shape index (κ2) is 10.4. The zero-order valence-electron chi connectivity index (χ0n) is 21.4. The van der Waals surface area contributed by atoms with Gasteiger partial charge < -0.3 is 14.2 Å². The number of para-hydroxylation sites is 1. The molecule has 0 amide bonds. The molecule has 5 aromatic rings. The Labute approximate surface area is 223 Å². The predicted octanol–water partition coefficient (Wildman–Crippen LogP) is 5.24. The van der Waals surface area contributed by atoms with Crippen LogP contribution < -0.4 is 9.47 Å². The van der Waals surface area contributed by atoms with Gasteiger partial charge in [0.15, 0.2) is 5.82 Å². The van der Waals surface area contributed by atoms with E-state index in [4.69, 9.17) is 29.3 Å². The second-order valence-corrected chi connectivity index (χ2v) is 9.10. The molecular weight excluding hydrogens is 504 g/mol. The molecule has 198 valence electrons. The lowest BCUT2D eigenvalue weighted by molar-refractivity contribution is 0.133. The van der Waals surface area contributed by atoms with Crippen molar-refractivity contribution in [3.63, 3.8) is 0 Å². The molecule has 10 heteroatoms. The van der Waals surface area contributed by atoms with Crippen LogP contribution in [0.2, 0.25) is 0 Å². The van der Waals surface area contributed by atoms with Gasteiger partial charge in [-0.2, -0.15) is 5.10 Å². The molecule has 6 rings (SSSR count). The van der Waals surface area contributed by atoms with Gasteiger partial charge in [-0.1, -0.05) is 18.2 Å². The summed E-state index contributed by atoms with van der Waals surface area (Å²) in [7, 11) is 1.61. The number of hydrogen-bond donors (Lipinski definition) is 0. The molecule has 0 N–H and O–H groups in total. The first-order chi connectivity index (χ1) is 19.1. The fourth-order valence-corrected chi connectivity index (χ4v) is 4.83. The highest BCUT2D eigenvalue weighted by atomic mass is 19.1. The number of methoxy groups -OCH3 is 1. The van der Waals surface area contributed by atoms with Crippen LogP contribution in [0.4, 0.5) is 8.78 Å². The molecule has 0 atom stereocenters. The van der Waals surface area contributed by atoms with Crippen LogP contribution in [0.15, 0.2) is 54.9 Å². The van der Waals surface area contributed by atoms with Crippen LogP contribution in [-0.2, 0) is 30.9 Å². The van der Waals surface area contributed by atoms with Crippen LogP contribution in [0.1, 0.15) is 35.0 Å². The minimum atomic E-state index is -0.695. The minimum Gasteiger partial charge on any atom is -0.495 e. The normalized spacial score (nSPS) is 12.6. The van der Waals surface area contributed by atoms with E-state index in [0.29, 0.717) is 49.0 Å². The molecule has 0 unspecified atom stereocenters. The van der Waals surface area contributed by atoms with E-state index < -0.39 is 11.6 Å². The van der Waals surface area contributed by atoms with Crippen LogP contribution >= 0.6 is 0 Å². The number of pyridine rings is 1. The van der Waals surface area contributed by atoms with E-state index in [1.165, 1.54) is 12.1 Å². The molecule has 1 aliphatic rings. The molecule has 0 fully saturated rings. The third-order valence-electron chi connectivity index (χ3n) is 6.71. The van der Waals surface area contributed by atoms with Crippen molar-refractivity contribution < 1.29 is 23.0 Å². The van der Waals surface area contributed by atoms with Crippen LogP contribution in [-0.4, -0.2) is 38.4 Å². The van der Waals surface area contributed by atoms with E-state index in [9.17, 15) is 8.78 Å². The quantitative estimate of drug-likeness (QED) is 0.272. The highest BCUT2D eigenvalue weighted by molar-refractivity contribution is 5.91. The minimum absolute atomic E-state index is 0.105. The molecular formula is C29H25F2N5O3. The zero-order chi connectivity index (χ0) is 26.9. The highest BCUT2D eigenvalue weighted by Crippen LogP contribution is 2.32.